The van der Waals surface area contributed by atoms with Gasteiger partial charge in [-0.1, -0.05) is 30.1 Å². The first-order valence-corrected chi connectivity index (χ1v) is 8.50. The number of hydrogen-bond acceptors (Lipinski definition) is 2. The summed E-state index contributed by atoms with van der Waals surface area (Å²) in [4.78, 5) is 2.50. The minimum absolute atomic E-state index is 0.434. The maximum absolute atomic E-state index is 6.13. The zero-order chi connectivity index (χ0) is 15.2. The van der Waals surface area contributed by atoms with Gasteiger partial charge in [-0.3, -0.25) is 0 Å². The Morgan fingerprint density at radius 1 is 1.33 bits per heavy atom. The summed E-state index contributed by atoms with van der Waals surface area (Å²) in [5, 5.41) is 8.32. The first-order chi connectivity index (χ1) is 10.1. The molecule has 1 aromatic carbocycles. The van der Waals surface area contributed by atoms with Crippen LogP contribution in [-0.2, 0) is 0 Å². The molecule has 1 fully saturated rings. The second-order valence-electron chi connectivity index (χ2n) is 5.34. The summed E-state index contributed by atoms with van der Waals surface area (Å²) in [6.45, 7) is 5.68. The van der Waals surface area contributed by atoms with Crippen LogP contribution in [0.4, 0.5) is 5.69 Å². The van der Waals surface area contributed by atoms with Gasteiger partial charge in [0.25, 0.3) is 0 Å². The van der Waals surface area contributed by atoms with Crippen LogP contribution >= 0.6 is 35.4 Å². The topological polar surface area (TPSA) is 27.3 Å². The van der Waals surface area contributed by atoms with Gasteiger partial charge < -0.3 is 15.5 Å². The second-order valence-corrected chi connectivity index (χ2v) is 6.59. The van der Waals surface area contributed by atoms with Gasteiger partial charge in [0.05, 0.1) is 10.7 Å². The largest absolute Gasteiger partial charge is 0.360 e. The third-order valence-electron chi connectivity index (χ3n) is 3.64. The molecule has 3 nitrogen and oxygen atoms in total. The number of nitrogens with zero attached hydrogens (tertiary/aromatic N) is 1. The highest BCUT2D eigenvalue weighted by Gasteiger charge is 2.19. The van der Waals surface area contributed by atoms with E-state index in [-0.39, 0.29) is 0 Å². The lowest BCUT2D eigenvalue weighted by Crippen LogP contribution is -2.46. The van der Waals surface area contributed by atoms with Crippen LogP contribution in [0.15, 0.2) is 18.2 Å². The van der Waals surface area contributed by atoms with Crippen molar-refractivity contribution in [2.45, 2.75) is 32.2 Å². The molecule has 6 heteroatoms. The number of halogens is 2. The van der Waals surface area contributed by atoms with Crippen LogP contribution in [0.5, 0.6) is 0 Å². The van der Waals surface area contributed by atoms with Crippen LogP contribution in [0.25, 0.3) is 0 Å². The van der Waals surface area contributed by atoms with E-state index in [0.717, 1.165) is 31.6 Å². The lowest BCUT2D eigenvalue weighted by atomic mass is 10.1. The molecular formula is C15H21Cl2N3S. The number of piperidine rings is 1. The van der Waals surface area contributed by atoms with Crippen LogP contribution in [0.3, 0.4) is 0 Å². The van der Waals surface area contributed by atoms with Gasteiger partial charge in [0, 0.05) is 24.2 Å². The summed E-state index contributed by atoms with van der Waals surface area (Å²) < 4.78 is 0. The molecule has 0 saturated carbocycles. The first kappa shape index (κ1) is 16.8. The standard InChI is InChI=1S/C15H21Cl2N3S/c1-2-7-20-8-5-12(6-9-20)18-15(21)19-14-4-3-11(16)10-13(14)17/h3-4,10,12H,2,5-9H2,1H3,(H2,18,19,21). The van der Waals surface area contributed by atoms with Crippen LogP contribution < -0.4 is 10.6 Å². The summed E-state index contributed by atoms with van der Waals surface area (Å²) >= 11 is 17.4. The minimum atomic E-state index is 0.434. The highest BCUT2D eigenvalue weighted by atomic mass is 35.5. The van der Waals surface area contributed by atoms with Crippen LogP contribution in [0.1, 0.15) is 26.2 Å². The van der Waals surface area contributed by atoms with Crippen LogP contribution in [0, 0.1) is 0 Å². The summed E-state index contributed by atoms with van der Waals surface area (Å²) in [7, 11) is 0. The highest BCUT2D eigenvalue weighted by molar-refractivity contribution is 7.80. The van der Waals surface area contributed by atoms with E-state index >= 15 is 0 Å². The average Bonchev–Trinajstić information content (AvgIpc) is 2.44. The molecule has 0 aliphatic carbocycles. The van der Waals surface area contributed by atoms with Crippen molar-refractivity contribution < 1.29 is 0 Å². The molecule has 1 aliphatic heterocycles. The zero-order valence-electron chi connectivity index (χ0n) is 12.2. The molecule has 1 heterocycles. The fourth-order valence-corrected chi connectivity index (χ4v) is 3.28. The van der Waals surface area contributed by atoms with Crippen molar-refractivity contribution in [3.8, 4) is 0 Å². The maximum Gasteiger partial charge on any atom is 0.171 e. The Hall–Kier alpha value is -0.550. The van der Waals surface area contributed by atoms with E-state index in [4.69, 9.17) is 35.4 Å². The van der Waals surface area contributed by atoms with Crippen molar-refractivity contribution in [1.82, 2.24) is 10.2 Å². The molecule has 0 bridgehead atoms. The van der Waals surface area contributed by atoms with E-state index in [0.29, 0.717) is 21.2 Å². The van der Waals surface area contributed by atoms with Crippen LogP contribution in [0.2, 0.25) is 10.0 Å². The van der Waals surface area contributed by atoms with Gasteiger partial charge in [-0.05, 0) is 56.2 Å². The summed E-state index contributed by atoms with van der Waals surface area (Å²) in [6.07, 6.45) is 3.46. The van der Waals surface area contributed by atoms with E-state index in [1.807, 2.05) is 6.07 Å². The number of nitrogens with one attached hydrogen (secondary N) is 2. The second kappa shape index (κ2) is 8.18. The van der Waals surface area contributed by atoms with E-state index in [1.54, 1.807) is 12.1 Å². The third kappa shape index (κ3) is 5.29. The predicted octanol–water partition coefficient (Wildman–Crippen LogP) is 4.15. The molecule has 1 aliphatic rings. The molecule has 0 unspecified atom stereocenters. The van der Waals surface area contributed by atoms with Crippen LogP contribution in [-0.4, -0.2) is 35.7 Å². The van der Waals surface area contributed by atoms with Gasteiger partial charge in [-0.2, -0.15) is 0 Å². The van der Waals surface area contributed by atoms with Gasteiger partial charge in [0.2, 0.25) is 0 Å². The number of likely N-dealkylation sites (tertiary alicyclic amines) is 1. The maximum atomic E-state index is 6.13. The first-order valence-electron chi connectivity index (χ1n) is 7.33. The molecule has 2 N–H and O–H groups in total. The summed E-state index contributed by atoms with van der Waals surface area (Å²) in [5.74, 6) is 0. The molecule has 1 saturated heterocycles. The molecule has 116 valence electrons. The minimum Gasteiger partial charge on any atom is -0.360 e. The fourth-order valence-electron chi connectivity index (χ4n) is 2.55. The molecule has 0 spiro atoms. The van der Waals surface area contributed by atoms with Crippen molar-refractivity contribution in [3.05, 3.63) is 28.2 Å². The Morgan fingerprint density at radius 2 is 2.05 bits per heavy atom. The average molecular weight is 346 g/mol. The SMILES string of the molecule is CCCN1CCC(NC(=S)Nc2ccc(Cl)cc2Cl)CC1. The number of hydrogen-bond donors (Lipinski definition) is 2. The van der Waals surface area contributed by atoms with E-state index in [9.17, 15) is 0 Å². The van der Waals surface area contributed by atoms with Gasteiger partial charge in [-0.25, -0.2) is 0 Å². The smallest absolute Gasteiger partial charge is 0.171 e. The molecule has 0 radical (unpaired) electrons. The lowest BCUT2D eigenvalue weighted by molar-refractivity contribution is 0.207. The number of anilines is 1. The monoisotopic (exact) mass is 345 g/mol. The highest BCUT2D eigenvalue weighted by Crippen LogP contribution is 2.25. The molecule has 1 aromatic rings. The van der Waals surface area contributed by atoms with Gasteiger partial charge in [-0.15, -0.1) is 0 Å². The predicted molar refractivity (Wildman–Crippen MR) is 95.6 cm³/mol. The van der Waals surface area contributed by atoms with Crippen molar-refractivity contribution in [2.24, 2.45) is 0 Å². The van der Waals surface area contributed by atoms with E-state index in [1.165, 1.54) is 13.0 Å². The van der Waals surface area contributed by atoms with Crippen molar-refractivity contribution >= 4 is 46.2 Å². The Labute approximate surface area is 142 Å². The number of benzene rings is 1. The molecular weight excluding hydrogens is 325 g/mol. The van der Waals surface area contributed by atoms with Gasteiger partial charge in [0.15, 0.2) is 5.11 Å². The molecule has 0 aromatic heterocycles. The molecule has 0 amide bonds. The summed E-state index contributed by atoms with van der Waals surface area (Å²) in [5.41, 5.74) is 0.780. The van der Waals surface area contributed by atoms with Crippen molar-refractivity contribution in [2.75, 3.05) is 25.0 Å². The van der Waals surface area contributed by atoms with E-state index in [2.05, 4.69) is 22.5 Å². The number of thiocarbonyl (C=S) groups is 1. The van der Waals surface area contributed by atoms with Gasteiger partial charge >= 0.3 is 0 Å². The summed E-state index contributed by atoms with van der Waals surface area (Å²) in [6, 6.07) is 5.77. The van der Waals surface area contributed by atoms with Gasteiger partial charge in [0.1, 0.15) is 0 Å². The normalized spacial score (nSPS) is 16.7. The number of rotatable bonds is 4. The molecule has 21 heavy (non-hydrogen) atoms. The lowest BCUT2D eigenvalue weighted by Gasteiger charge is -2.32. The Bertz CT molecular complexity index is 488. The third-order valence-corrected chi connectivity index (χ3v) is 4.41. The Balaban J connectivity index is 1.80. The molecule has 0 atom stereocenters. The fraction of sp³-hybridized carbons (Fsp3) is 0.533. The van der Waals surface area contributed by atoms with E-state index < -0.39 is 0 Å². The molecule has 2 rings (SSSR count). The van der Waals surface area contributed by atoms with Crippen molar-refractivity contribution in [1.29, 1.82) is 0 Å². The quantitative estimate of drug-likeness (QED) is 0.801. The Morgan fingerprint density at radius 3 is 2.67 bits per heavy atom. The Kier molecular flexibility index (Phi) is 6.55. The zero-order valence-corrected chi connectivity index (χ0v) is 14.5. The van der Waals surface area contributed by atoms with Crippen molar-refractivity contribution in [3.63, 3.8) is 0 Å².